The first kappa shape index (κ1) is 45.3. The minimum atomic E-state index is 0.962. The molecular formula is C48H78N2Pd. The van der Waals surface area contributed by atoms with Gasteiger partial charge in [-0.1, -0.05) is 130 Å². The molecule has 0 saturated heterocycles. The van der Waals surface area contributed by atoms with Gasteiger partial charge in [0.1, 0.15) is 0 Å². The fourth-order valence-electron chi connectivity index (χ4n) is 7.19. The fraction of sp³-hybridized carbons (Fsp3) is 0.667. The third kappa shape index (κ3) is 17.7. The van der Waals surface area contributed by atoms with Crippen LogP contribution in [0.5, 0.6) is 0 Å². The van der Waals surface area contributed by atoms with E-state index in [1.807, 2.05) is 0 Å². The molecule has 0 fully saturated rings. The van der Waals surface area contributed by atoms with Crippen LogP contribution in [0.1, 0.15) is 204 Å². The average Bonchev–Trinajstić information content (AvgIpc) is 3.47. The summed E-state index contributed by atoms with van der Waals surface area (Å²) in [6.07, 6.45) is 30.6. The second kappa shape index (κ2) is 28.7. The second-order valence-corrected chi connectivity index (χ2v) is 17.7. The Morgan fingerprint density at radius 3 is 1.14 bits per heavy atom. The molecule has 0 N–H and O–H groups in total. The average molecular weight is 790 g/mol. The molecule has 0 bridgehead atoms. The summed E-state index contributed by atoms with van der Waals surface area (Å²) in [7, 11) is 0. The van der Waals surface area contributed by atoms with Crippen LogP contribution in [-0.2, 0) is 43.7 Å². The van der Waals surface area contributed by atoms with Crippen molar-refractivity contribution in [1.82, 2.24) is 0 Å². The van der Waals surface area contributed by atoms with Gasteiger partial charge < -0.3 is 5.53 Å². The van der Waals surface area contributed by atoms with E-state index in [0.717, 1.165) is 74.3 Å². The van der Waals surface area contributed by atoms with Gasteiger partial charge in [-0.25, -0.2) is 4.70 Å². The molecule has 0 radical (unpaired) electrons. The van der Waals surface area contributed by atoms with E-state index < -0.39 is 0 Å². The van der Waals surface area contributed by atoms with Crippen molar-refractivity contribution >= 4 is 11.4 Å². The van der Waals surface area contributed by atoms with Gasteiger partial charge in [0.05, 0.1) is 0 Å². The zero-order valence-corrected chi connectivity index (χ0v) is 36.0. The van der Waals surface area contributed by atoms with Crippen molar-refractivity contribution in [2.24, 2.45) is 0 Å². The molecule has 0 amide bonds. The Bertz CT molecular complexity index is 1240. The third-order valence-corrected chi connectivity index (χ3v) is 11.7. The summed E-state index contributed by atoms with van der Waals surface area (Å²) in [4.78, 5) is 2.79. The van der Waals surface area contributed by atoms with Crippen LogP contribution in [0.25, 0.3) is 16.9 Å². The van der Waals surface area contributed by atoms with Crippen molar-refractivity contribution in [3.8, 4) is 0 Å². The molecule has 1 aliphatic rings. The third-order valence-electron chi connectivity index (χ3n) is 10.1. The summed E-state index contributed by atoms with van der Waals surface area (Å²) in [6.45, 7) is 15.9. The molecule has 2 nitrogen and oxygen atoms in total. The van der Waals surface area contributed by atoms with Crippen LogP contribution < -0.4 is 0 Å². The molecule has 0 aliphatic carbocycles. The molecule has 0 saturated carbocycles. The number of nitrogens with zero attached hydrogens (tertiary/aromatic N) is 2. The second-order valence-electron chi connectivity index (χ2n) is 14.7. The number of benzene rings is 2. The van der Waals surface area contributed by atoms with E-state index in [0.29, 0.717) is 0 Å². The van der Waals surface area contributed by atoms with Gasteiger partial charge in [0, 0.05) is 22.8 Å². The van der Waals surface area contributed by atoms with Crippen LogP contribution in [0.3, 0.4) is 0 Å². The molecule has 290 valence electrons. The van der Waals surface area contributed by atoms with E-state index in [1.165, 1.54) is 151 Å². The van der Waals surface area contributed by atoms with Crippen LogP contribution in [0, 0.1) is 0 Å². The molecule has 1 aliphatic heterocycles. The topological polar surface area (TPSA) is 25.3 Å². The summed E-state index contributed by atoms with van der Waals surface area (Å²) in [6, 6.07) is 14.5. The molecular weight excluding hydrogens is 711 g/mol. The monoisotopic (exact) mass is 789 g/mol. The summed E-state index contributed by atoms with van der Waals surface area (Å²) >= 11 is 1.04. The van der Waals surface area contributed by atoms with Gasteiger partial charge in [0.2, 0.25) is 11.4 Å². The first-order chi connectivity index (χ1) is 25.0. The summed E-state index contributed by atoms with van der Waals surface area (Å²) in [5.74, 6) is 0. The normalized spacial score (nSPS) is 12.8. The van der Waals surface area contributed by atoms with Crippen molar-refractivity contribution in [1.29, 1.82) is 0 Å². The number of aryl methyl sites for hydroxylation is 4. The Labute approximate surface area is 325 Å². The number of allylic oxidation sites excluding steroid dienone is 2. The Kier molecular flexibility index (Phi) is 25.5. The summed E-state index contributed by atoms with van der Waals surface area (Å²) in [5.41, 5.74) is 23.5. The van der Waals surface area contributed by atoms with Gasteiger partial charge in [-0.15, -0.1) is 0 Å². The molecule has 51 heavy (non-hydrogen) atoms. The maximum absolute atomic E-state index is 12.1. The minimum absolute atomic E-state index is 0.962. The van der Waals surface area contributed by atoms with E-state index in [-0.39, 0.29) is 0 Å². The number of hydrogen-bond acceptors (Lipinski definition) is 0. The van der Waals surface area contributed by atoms with Gasteiger partial charge in [0.15, 0.2) is 0 Å². The van der Waals surface area contributed by atoms with Gasteiger partial charge in [-0.3, -0.25) is 0 Å². The van der Waals surface area contributed by atoms with Gasteiger partial charge in [-0.05, 0) is 111 Å². The van der Waals surface area contributed by atoms with Crippen LogP contribution in [-0.4, -0.2) is 4.70 Å². The van der Waals surface area contributed by atoms with Crippen molar-refractivity contribution in [2.75, 3.05) is 0 Å². The molecule has 3 rings (SSSR count). The van der Waals surface area contributed by atoms with Crippen LogP contribution in [0.2, 0.25) is 9.79 Å². The van der Waals surface area contributed by atoms with E-state index in [2.05, 4.69) is 90.9 Å². The SMILES string of the molecule is CCCCCCc1cc(CCCCCC)cc(C2=CC(CCCC)=C(c3cc(CCCCCC)cc(CCCCCC)c3)[N+]2=[N-])c1.C[CH2][Pd][CH2]C. The fourth-order valence-corrected chi connectivity index (χ4v) is 7.97. The van der Waals surface area contributed by atoms with E-state index in [9.17, 15) is 5.53 Å². The van der Waals surface area contributed by atoms with Crippen LogP contribution >= 0.6 is 0 Å². The first-order valence-corrected chi connectivity index (χ1v) is 23.8. The molecule has 0 unspecified atom stereocenters. The summed E-state index contributed by atoms with van der Waals surface area (Å²) < 4.78 is 1.57. The molecule has 1 heterocycles. The zero-order chi connectivity index (χ0) is 37.1. The quantitative estimate of drug-likeness (QED) is 0.0489. The van der Waals surface area contributed by atoms with Gasteiger partial charge >= 0.3 is 41.6 Å². The Balaban J connectivity index is 0.00000168. The van der Waals surface area contributed by atoms with Crippen LogP contribution in [0.4, 0.5) is 0 Å². The molecule has 2 aromatic carbocycles. The Morgan fingerprint density at radius 1 is 0.431 bits per heavy atom. The van der Waals surface area contributed by atoms with E-state index in [1.54, 1.807) is 4.70 Å². The number of unbranched alkanes of at least 4 members (excludes halogenated alkanes) is 13. The number of hydrogen-bond donors (Lipinski definition) is 0. The maximum atomic E-state index is 12.1. The Hall–Kier alpha value is -1.82. The summed E-state index contributed by atoms with van der Waals surface area (Å²) in [5, 5.41) is 0. The molecule has 0 spiro atoms. The molecule has 0 aromatic heterocycles. The predicted molar refractivity (Wildman–Crippen MR) is 223 cm³/mol. The zero-order valence-electron chi connectivity index (χ0n) is 34.4. The van der Waals surface area contributed by atoms with Crippen molar-refractivity contribution in [2.45, 2.75) is 206 Å². The molecule has 2 aromatic rings. The standard InChI is InChI=1S/C44H68N2.2C2H5.Pd/c1-6-11-16-20-24-36-29-37(25-21-17-12-7-2)32-41(31-36)43-35-40(28-15-10-5)44(46(43)45)42-33-38(26-22-18-13-8-3)30-39(34-42)27-23-19-14-9-4;2*1-2;/h29-35H,6-28H2,1-5H3;2*1H2,2H3;. The first-order valence-electron chi connectivity index (χ1n) is 21.6. The van der Waals surface area contributed by atoms with Gasteiger partial charge in [0.25, 0.3) is 0 Å². The molecule has 0 atom stereocenters. The van der Waals surface area contributed by atoms with Crippen molar-refractivity contribution in [3.63, 3.8) is 0 Å². The van der Waals surface area contributed by atoms with Crippen LogP contribution in [0.15, 0.2) is 48.0 Å². The van der Waals surface area contributed by atoms with Crippen molar-refractivity contribution in [3.05, 3.63) is 87.0 Å². The van der Waals surface area contributed by atoms with Gasteiger partial charge in [-0.2, -0.15) is 0 Å². The Morgan fingerprint density at radius 2 is 0.804 bits per heavy atom. The predicted octanol–water partition coefficient (Wildman–Crippen LogP) is 16.1. The molecule has 3 heteroatoms. The van der Waals surface area contributed by atoms with E-state index >= 15 is 0 Å². The number of rotatable bonds is 27. The van der Waals surface area contributed by atoms with Crippen molar-refractivity contribution < 1.29 is 22.7 Å². The van der Waals surface area contributed by atoms with E-state index in [4.69, 9.17) is 0 Å².